The Morgan fingerprint density at radius 3 is 2.47 bits per heavy atom. The van der Waals surface area contributed by atoms with Gasteiger partial charge in [0.05, 0.1) is 0 Å². The Bertz CT molecular complexity index is 512. The Kier molecular flexibility index (Phi) is 3.42. The number of nitrogens with two attached hydrogens (primary N) is 1. The van der Waals surface area contributed by atoms with Gasteiger partial charge in [-0.1, -0.05) is 11.6 Å². The van der Waals surface area contributed by atoms with E-state index in [1.165, 1.54) is 13.1 Å². The van der Waals surface area contributed by atoms with Crippen LogP contribution in [0.1, 0.15) is 0 Å². The first-order chi connectivity index (χ1) is 7.66. The average Bonchev–Trinajstić information content (AvgIpc) is 2.19. The van der Waals surface area contributed by atoms with Gasteiger partial charge in [0.25, 0.3) is 10.1 Å². The molecule has 7 nitrogen and oxygen atoms in total. The number of halogens is 1. The molecule has 0 fully saturated rings. The Morgan fingerprint density at radius 2 is 2.12 bits per heavy atom. The van der Waals surface area contributed by atoms with Gasteiger partial charge < -0.3 is 16.2 Å². The van der Waals surface area contributed by atoms with Crippen molar-refractivity contribution < 1.29 is 22.9 Å². The van der Waals surface area contributed by atoms with Crippen molar-refractivity contribution >= 4 is 27.7 Å². The van der Waals surface area contributed by atoms with Crippen molar-refractivity contribution in [3.63, 3.8) is 0 Å². The second kappa shape index (κ2) is 4.21. The SMILES string of the molecule is CNC1=CC=C(N)C(Cl)(S(=O)(=O)O)C1C(=O)O. The van der Waals surface area contributed by atoms with Crippen LogP contribution in [-0.2, 0) is 14.9 Å². The molecule has 9 heteroatoms. The number of hydrogen-bond donors (Lipinski definition) is 4. The normalized spacial score (nSPS) is 29.2. The molecule has 0 aromatic heterocycles. The van der Waals surface area contributed by atoms with Crippen molar-refractivity contribution in [1.82, 2.24) is 5.32 Å². The molecule has 0 aliphatic heterocycles. The first-order valence-electron chi connectivity index (χ1n) is 4.40. The molecule has 0 bridgehead atoms. The lowest BCUT2D eigenvalue weighted by Crippen LogP contribution is -2.51. The third-order valence-corrected chi connectivity index (χ3v) is 4.67. The minimum Gasteiger partial charge on any atom is -0.481 e. The van der Waals surface area contributed by atoms with Crippen molar-refractivity contribution in [2.45, 2.75) is 4.21 Å². The highest BCUT2D eigenvalue weighted by atomic mass is 35.5. The lowest BCUT2D eigenvalue weighted by molar-refractivity contribution is -0.140. The zero-order valence-corrected chi connectivity index (χ0v) is 10.3. The number of alkyl halides is 1. The number of carboxylic acid groups (broad SMARTS) is 1. The summed E-state index contributed by atoms with van der Waals surface area (Å²) in [5.41, 5.74) is 4.98. The number of carbonyl (C=O) groups is 1. The molecule has 17 heavy (non-hydrogen) atoms. The standard InChI is InChI=1S/C8H11ClN2O5S/c1-11-4-2-3-5(10)8(9,17(14,15)16)6(4)7(12)13/h2-3,6,11H,10H2,1H3,(H,12,13)(H,14,15,16). The number of aliphatic carboxylic acids is 1. The van der Waals surface area contributed by atoms with Gasteiger partial charge in [-0.25, -0.2) is 0 Å². The second-order valence-electron chi connectivity index (χ2n) is 3.39. The minimum atomic E-state index is -4.90. The van der Waals surface area contributed by atoms with E-state index in [2.05, 4.69) is 5.32 Å². The molecule has 0 saturated carbocycles. The maximum Gasteiger partial charge on any atom is 0.315 e. The lowest BCUT2D eigenvalue weighted by atomic mass is 9.93. The molecule has 1 aliphatic rings. The Labute approximate surface area is 103 Å². The van der Waals surface area contributed by atoms with Crippen LogP contribution < -0.4 is 11.1 Å². The van der Waals surface area contributed by atoms with E-state index in [0.717, 1.165) is 6.08 Å². The zero-order chi connectivity index (χ0) is 13.4. The van der Waals surface area contributed by atoms with Crippen LogP contribution in [0.25, 0.3) is 0 Å². The largest absolute Gasteiger partial charge is 0.481 e. The number of carboxylic acids is 1. The highest BCUT2D eigenvalue weighted by Crippen LogP contribution is 2.41. The maximum atomic E-state index is 11.3. The molecular formula is C8H11ClN2O5S. The molecule has 0 aromatic rings. The highest BCUT2D eigenvalue weighted by molar-refractivity contribution is 7.89. The molecule has 5 N–H and O–H groups in total. The van der Waals surface area contributed by atoms with Crippen molar-refractivity contribution in [3.05, 3.63) is 23.5 Å². The monoisotopic (exact) mass is 282 g/mol. The quantitative estimate of drug-likeness (QED) is 0.404. The summed E-state index contributed by atoms with van der Waals surface area (Å²) < 4.78 is 29.1. The molecule has 0 heterocycles. The third-order valence-electron chi connectivity index (χ3n) is 2.43. The van der Waals surface area contributed by atoms with Crippen LogP contribution in [0.4, 0.5) is 0 Å². The summed E-state index contributed by atoms with van der Waals surface area (Å²) in [5.74, 6) is -3.23. The van der Waals surface area contributed by atoms with Crippen LogP contribution in [0.5, 0.6) is 0 Å². The van der Waals surface area contributed by atoms with Gasteiger partial charge in [0.15, 0.2) is 0 Å². The van der Waals surface area contributed by atoms with Gasteiger partial charge in [0.1, 0.15) is 5.92 Å². The summed E-state index contributed by atoms with van der Waals surface area (Å²) in [6.07, 6.45) is 2.42. The van der Waals surface area contributed by atoms with Gasteiger partial charge in [-0.15, -0.1) is 0 Å². The van der Waals surface area contributed by atoms with Crippen LogP contribution in [-0.4, -0.2) is 35.3 Å². The topological polar surface area (TPSA) is 130 Å². The predicted molar refractivity (Wildman–Crippen MR) is 60.7 cm³/mol. The van der Waals surface area contributed by atoms with Gasteiger partial charge in [0.2, 0.25) is 4.21 Å². The summed E-state index contributed by atoms with van der Waals surface area (Å²) in [5, 5.41) is 11.5. The van der Waals surface area contributed by atoms with Crippen molar-refractivity contribution in [1.29, 1.82) is 0 Å². The fourth-order valence-corrected chi connectivity index (χ4v) is 2.74. The molecule has 1 aliphatic carbocycles. The highest BCUT2D eigenvalue weighted by Gasteiger charge is 2.57. The van der Waals surface area contributed by atoms with Gasteiger partial charge in [-0.05, 0) is 12.2 Å². The Hall–Kier alpha value is -1.25. The van der Waals surface area contributed by atoms with Gasteiger partial charge in [0, 0.05) is 18.4 Å². The van der Waals surface area contributed by atoms with Crippen molar-refractivity contribution in [2.75, 3.05) is 7.05 Å². The molecule has 2 atom stereocenters. The van der Waals surface area contributed by atoms with Crippen LogP contribution in [0.15, 0.2) is 23.5 Å². The zero-order valence-electron chi connectivity index (χ0n) is 8.71. The summed E-state index contributed by atoms with van der Waals surface area (Å²) in [7, 11) is -3.50. The molecule has 0 aromatic carbocycles. The summed E-state index contributed by atoms with van der Waals surface area (Å²) in [6.45, 7) is 0. The minimum absolute atomic E-state index is 0.0272. The predicted octanol–water partition coefficient (Wildman–Crippen LogP) is -0.530. The lowest BCUT2D eigenvalue weighted by Gasteiger charge is -2.33. The Balaban J connectivity index is 3.53. The summed E-state index contributed by atoms with van der Waals surface area (Å²) in [4.78, 5) is 11.1. The van der Waals surface area contributed by atoms with E-state index in [-0.39, 0.29) is 5.70 Å². The van der Waals surface area contributed by atoms with E-state index in [1.54, 1.807) is 0 Å². The van der Waals surface area contributed by atoms with E-state index in [4.69, 9.17) is 27.0 Å². The first-order valence-corrected chi connectivity index (χ1v) is 6.22. The number of hydrogen-bond acceptors (Lipinski definition) is 5. The smallest absolute Gasteiger partial charge is 0.315 e. The summed E-state index contributed by atoms with van der Waals surface area (Å²) in [6, 6.07) is 0. The third kappa shape index (κ3) is 1.99. The van der Waals surface area contributed by atoms with Gasteiger partial charge in [-0.3, -0.25) is 9.35 Å². The Morgan fingerprint density at radius 1 is 1.59 bits per heavy atom. The van der Waals surface area contributed by atoms with Crippen LogP contribution in [0, 0.1) is 5.92 Å². The molecule has 2 unspecified atom stereocenters. The maximum absolute atomic E-state index is 11.3. The number of allylic oxidation sites excluding steroid dienone is 2. The van der Waals surface area contributed by atoms with E-state index in [1.807, 2.05) is 0 Å². The van der Waals surface area contributed by atoms with Crippen molar-refractivity contribution in [3.8, 4) is 0 Å². The first kappa shape index (κ1) is 13.8. The fourth-order valence-electron chi connectivity index (χ4n) is 1.57. The van der Waals surface area contributed by atoms with Gasteiger partial charge >= 0.3 is 5.97 Å². The van der Waals surface area contributed by atoms with Crippen LogP contribution in [0.2, 0.25) is 0 Å². The fraction of sp³-hybridized carbons (Fsp3) is 0.375. The van der Waals surface area contributed by atoms with Crippen molar-refractivity contribution in [2.24, 2.45) is 11.7 Å². The number of rotatable bonds is 3. The number of nitrogens with one attached hydrogen (secondary N) is 1. The molecule has 96 valence electrons. The van der Waals surface area contributed by atoms with E-state index >= 15 is 0 Å². The van der Waals surface area contributed by atoms with Crippen LogP contribution >= 0.6 is 11.6 Å². The van der Waals surface area contributed by atoms with Crippen LogP contribution in [0.3, 0.4) is 0 Å². The molecule has 0 saturated heterocycles. The van der Waals surface area contributed by atoms with E-state index in [9.17, 15) is 13.2 Å². The summed E-state index contributed by atoms with van der Waals surface area (Å²) >= 11 is 5.74. The van der Waals surface area contributed by atoms with E-state index in [0.29, 0.717) is 0 Å². The molecule has 0 radical (unpaired) electrons. The van der Waals surface area contributed by atoms with E-state index < -0.39 is 31.9 Å². The van der Waals surface area contributed by atoms with Gasteiger partial charge in [-0.2, -0.15) is 8.42 Å². The second-order valence-corrected chi connectivity index (χ2v) is 5.80. The molecule has 0 spiro atoms. The molecule has 0 amide bonds. The average molecular weight is 283 g/mol. The molecular weight excluding hydrogens is 272 g/mol. The molecule has 1 rings (SSSR count).